The number of rotatable bonds is 5. The molecule has 1 aliphatic carbocycles. The number of hydrogen-bond acceptors (Lipinski definition) is 2. The molecule has 1 fully saturated rings. The minimum atomic E-state index is 0.0625. The molecule has 0 unspecified atom stereocenters. The quantitative estimate of drug-likeness (QED) is 0.797. The van der Waals surface area contributed by atoms with E-state index in [-0.39, 0.29) is 5.91 Å². The number of carbonyl (C=O) groups is 1. The zero-order valence-corrected chi connectivity index (χ0v) is 12.8. The number of carbonyl (C=O) groups excluding carboxylic acids is 1. The molecule has 1 aromatic heterocycles. The first kappa shape index (κ1) is 14.1. The Hall–Kier alpha value is -1.81. The standard InChI is InChI=1S/C16H18ClN3O/c1-19-8-7-18-15(19)11-20(14-5-6-14)16(21)13-4-2-3-12(9-13)10-17/h2-4,7-9,14H,5-6,10-11H2,1H3. The van der Waals surface area contributed by atoms with E-state index in [1.54, 1.807) is 6.20 Å². The minimum absolute atomic E-state index is 0.0625. The number of aromatic nitrogens is 2. The second-order valence-electron chi connectivity index (χ2n) is 5.45. The van der Waals surface area contributed by atoms with Crippen LogP contribution in [0.5, 0.6) is 0 Å². The molecule has 0 N–H and O–H groups in total. The number of amides is 1. The lowest BCUT2D eigenvalue weighted by Crippen LogP contribution is -2.33. The van der Waals surface area contributed by atoms with Crippen molar-refractivity contribution < 1.29 is 4.79 Å². The van der Waals surface area contributed by atoms with E-state index < -0.39 is 0 Å². The predicted molar refractivity (Wildman–Crippen MR) is 82.1 cm³/mol. The average Bonchev–Trinajstić information content (AvgIpc) is 3.27. The Balaban J connectivity index is 1.83. The summed E-state index contributed by atoms with van der Waals surface area (Å²) in [6, 6.07) is 7.89. The van der Waals surface area contributed by atoms with Crippen LogP contribution in [0.25, 0.3) is 0 Å². The molecule has 0 saturated heterocycles. The van der Waals surface area contributed by atoms with Gasteiger partial charge in [0.05, 0.1) is 6.54 Å². The zero-order chi connectivity index (χ0) is 14.8. The van der Waals surface area contributed by atoms with Crippen LogP contribution in [0.15, 0.2) is 36.7 Å². The fourth-order valence-electron chi connectivity index (χ4n) is 2.41. The number of nitrogens with zero attached hydrogens (tertiary/aromatic N) is 3. The summed E-state index contributed by atoms with van der Waals surface area (Å²) >= 11 is 5.86. The van der Waals surface area contributed by atoms with Crippen LogP contribution in [0.1, 0.15) is 34.6 Å². The first-order chi connectivity index (χ1) is 10.2. The van der Waals surface area contributed by atoms with Gasteiger partial charge in [0.15, 0.2) is 0 Å². The molecule has 1 aliphatic rings. The monoisotopic (exact) mass is 303 g/mol. The molecule has 0 aliphatic heterocycles. The van der Waals surface area contributed by atoms with E-state index in [1.165, 1.54) is 0 Å². The molecule has 1 heterocycles. The fraction of sp³-hybridized carbons (Fsp3) is 0.375. The van der Waals surface area contributed by atoms with E-state index in [0.29, 0.717) is 24.0 Å². The molecular formula is C16H18ClN3O. The Morgan fingerprint density at radius 2 is 2.29 bits per heavy atom. The topological polar surface area (TPSA) is 38.1 Å². The van der Waals surface area contributed by atoms with Crippen molar-refractivity contribution in [3.63, 3.8) is 0 Å². The van der Waals surface area contributed by atoms with Gasteiger partial charge < -0.3 is 9.47 Å². The normalized spacial score (nSPS) is 14.2. The van der Waals surface area contributed by atoms with Crippen molar-refractivity contribution >= 4 is 17.5 Å². The summed E-state index contributed by atoms with van der Waals surface area (Å²) in [6.45, 7) is 0.554. The van der Waals surface area contributed by atoms with Crippen molar-refractivity contribution in [2.24, 2.45) is 7.05 Å². The van der Waals surface area contributed by atoms with E-state index >= 15 is 0 Å². The first-order valence-electron chi connectivity index (χ1n) is 7.11. The SMILES string of the molecule is Cn1ccnc1CN(C(=O)c1cccc(CCl)c1)C1CC1. The van der Waals surface area contributed by atoms with Crippen LogP contribution in [0.2, 0.25) is 0 Å². The summed E-state index contributed by atoms with van der Waals surface area (Å²) in [7, 11) is 1.95. The Bertz CT molecular complexity index is 648. The summed E-state index contributed by atoms with van der Waals surface area (Å²) < 4.78 is 1.96. The maximum absolute atomic E-state index is 12.8. The Labute approximate surface area is 129 Å². The van der Waals surface area contributed by atoms with Gasteiger partial charge in [0.2, 0.25) is 0 Å². The molecular weight excluding hydrogens is 286 g/mol. The molecule has 3 rings (SSSR count). The molecule has 1 aromatic carbocycles. The number of aryl methyl sites for hydroxylation is 1. The molecule has 2 aromatic rings. The number of halogens is 1. The number of benzene rings is 1. The second kappa shape index (κ2) is 5.90. The van der Waals surface area contributed by atoms with E-state index in [2.05, 4.69) is 4.98 Å². The van der Waals surface area contributed by atoms with Gasteiger partial charge in [-0.05, 0) is 30.5 Å². The minimum Gasteiger partial charge on any atom is -0.337 e. The van der Waals surface area contributed by atoms with Crippen LogP contribution in [0.4, 0.5) is 0 Å². The molecule has 0 spiro atoms. The van der Waals surface area contributed by atoms with Gasteiger partial charge >= 0.3 is 0 Å². The van der Waals surface area contributed by atoms with Crippen LogP contribution in [-0.4, -0.2) is 26.4 Å². The van der Waals surface area contributed by atoms with Crippen molar-refractivity contribution in [2.45, 2.75) is 31.3 Å². The lowest BCUT2D eigenvalue weighted by atomic mass is 10.1. The predicted octanol–water partition coefficient (Wildman–Crippen LogP) is 2.96. The Morgan fingerprint density at radius 3 is 2.90 bits per heavy atom. The third-order valence-corrected chi connectivity index (χ3v) is 4.12. The lowest BCUT2D eigenvalue weighted by Gasteiger charge is -2.22. The molecule has 0 bridgehead atoms. The molecule has 0 atom stereocenters. The maximum atomic E-state index is 12.8. The lowest BCUT2D eigenvalue weighted by molar-refractivity contribution is 0.0724. The second-order valence-corrected chi connectivity index (χ2v) is 5.72. The van der Waals surface area contributed by atoms with Gasteiger partial charge in [-0.15, -0.1) is 11.6 Å². The molecule has 1 amide bonds. The van der Waals surface area contributed by atoms with Crippen LogP contribution in [-0.2, 0) is 19.5 Å². The number of imidazole rings is 1. The van der Waals surface area contributed by atoms with Crippen LogP contribution < -0.4 is 0 Å². The van der Waals surface area contributed by atoms with Crippen LogP contribution in [0.3, 0.4) is 0 Å². The maximum Gasteiger partial charge on any atom is 0.254 e. The van der Waals surface area contributed by atoms with Crippen molar-refractivity contribution in [1.29, 1.82) is 0 Å². The Morgan fingerprint density at radius 1 is 1.48 bits per heavy atom. The summed E-state index contributed by atoms with van der Waals surface area (Å²) in [5.74, 6) is 1.39. The van der Waals surface area contributed by atoms with E-state index in [4.69, 9.17) is 11.6 Å². The van der Waals surface area contributed by atoms with Crippen molar-refractivity contribution in [2.75, 3.05) is 0 Å². The average molecular weight is 304 g/mol. The molecule has 21 heavy (non-hydrogen) atoms. The third-order valence-electron chi connectivity index (χ3n) is 3.81. The molecule has 5 heteroatoms. The van der Waals surface area contributed by atoms with Crippen LogP contribution in [0, 0.1) is 0 Å². The number of hydrogen-bond donors (Lipinski definition) is 0. The van der Waals surface area contributed by atoms with Gasteiger partial charge in [0.1, 0.15) is 5.82 Å². The van der Waals surface area contributed by atoms with Gasteiger partial charge in [0, 0.05) is 36.9 Å². The van der Waals surface area contributed by atoms with Crippen LogP contribution >= 0.6 is 11.6 Å². The van der Waals surface area contributed by atoms with Gasteiger partial charge in [-0.25, -0.2) is 4.98 Å². The molecule has 4 nitrogen and oxygen atoms in total. The third kappa shape index (κ3) is 3.10. The molecule has 1 saturated carbocycles. The van der Waals surface area contributed by atoms with Gasteiger partial charge in [-0.1, -0.05) is 12.1 Å². The van der Waals surface area contributed by atoms with Crippen molar-refractivity contribution in [1.82, 2.24) is 14.5 Å². The highest BCUT2D eigenvalue weighted by Gasteiger charge is 2.33. The smallest absolute Gasteiger partial charge is 0.254 e. The number of alkyl halides is 1. The summed E-state index contributed by atoms with van der Waals surface area (Å²) in [5.41, 5.74) is 1.67. The van der Waals surface area contributed by atoms with Gasteiger partial charge in [0.25, 0.3) is 5.91 Å². The summed E-state index contributed by atoms with van der Waals surface area (Å²) in [6.07, 6.45) is 5.81. The highest BCUT2D eigenvalue weighted by molar-refractivity contribution is 6.17. The van der Waals surface area contributed by atoms with Gasteiger partial charge in [-0.2, -0.15) is 0 Å². The first-order valence-corrected chi connectivity index (χ1v) is 7.64. The summed E-state index contributed by atoms with van der Waals surface area (Å²) in [5, 5.41) is 0. The van der Waals surface area contributed by atoms with Gasteiger partial charge in [-0.3, -0.25) is 4.79 Å². The van der Waals surface area contributed by atoms with Crippen molar-refractivity contribution in [3.05, 3.63) is 53.6 Å². The highest BCUT2D eigenvalue weighted by Crippen LogP contribution is 2.29. The van der Waals surface area contributed by atoms with E-state index in [9.17, 15) is 4.79 Å². The zero-order valence-electron chi connectivity index (χ0n) is 12.0. The molecule has 0 radical (unpaired) electrons. The van der Waals surface area contributed by atoms with E-state index in [0.717, 1.165) is 24.2 Å². The Kier molecular flexibility index (Phi) is 3.97. The molecule has 110 valence electrons. The largest absolute Gasteiger partial charge is 0.337 e. The summed E-state index contributed by atoms with van der Waals surface area (Å²) in [4.78, 5) is 19.0. The fourth-order valence-corrected chi connectivity index (χ4v) is 2.57. The van der Waals surface area contributed by atoms with E-state index in [1.807, 2.05) is 47.0 Å². The highest BCUT2D eigenvalue weighted by atomic mass is 35.5. The van der Waals surface area contributed by atoms with Crippen molar-refractivity contribution in [3.8, 4) is 0 Å².